The number of carboxylic acid groups (broad SMARTS) is 1. The highest BCUT2D eigenvalue weighted by Crippen LogP contribution is 2.36. The lowest BCUT2D eigenvalue weighted by atomic mass is 9.76. The zero-order chi connectivity index (χ0) is 30.7. The average Bonchev–Trinajstić information content (AvgIpc) is 2.92. The Balaban J connectivity index is 2.66. The lowest BCUT2D eigenvalue weighted by molar-refractivity contribution is -0.169. The molecule has 40 heavy (non-hydrogen) atoms. The highest BCUT2D eigenvalue weighted by molar-refractivity contribution is 5.70. The molecule has 1 heterocycles. The summed E-state index contributed by atoms with van der Waals surface area (Å²) in [5.41, 5.74) is 0.983. The summed E-state index contributed by atoms with van der Waals surface area (Å²) in [4.78, 5) is 11.5. The topological polar surface area (TPSA) is 127 Å². The van der Waals surface area contributed by atoms with E-state index in [1.54, 1.807) is 20.8 Å². The third-order valence-electron chi connectivity index (χ3n) is 9.35. The van der Waals surface area contributed by atoms with E-state index in [9.17, 15) is 30.3 Å². The summed E-state index contributed by atoms with van der Waals surface area (Å²) in [7, 11) is 0. The van der Waals surface area contributed by atoms with Crippen LogP contribution in [0, 0.1) is 41.4 Å². The number of carbonyl (C=O) groups is 1. The second-order valence-electron chi connectivity index (χ2n) is 12.9. The fourth-order valence-electron chi connectivity index (χ4n) is 6.19. The number of ether oxygens (including phenoxy) is 1. The molecule has 1 saturated heterocycles. The number of hydrogen-bond donors (Lipinski definition) is 5. The highest BCUT2D eigenvalue weighted by atomic mass is 16.5. The maximum atomic E-state index is 11.5. The van der Waals surface area contributed by atoms with E-state index in [2.05, 4.69) is 26.8 Å². The van der Waals surface area contributed by atoms with Crippen LogP contribution < -0.4 is 0 Å². The van der Waals surface area contributed by atoms with Gasteiger partial charge in [0.05, 0.1) is 42.5 Å². The zero-order valence-electron chi connectivity index (χ0n) is 26.5. The Morgan fingerprint density at radius 3 is 2.15 bits per heavy atom. The second-order valence-corrected chi connectivity index (χ2v) is 12.9. The number of carboxylic acids is 1. The SMILES string of the molecule is CCC[C@H](C)/C=C(\C)[C@H](O)[C@H](C)/C=C/CC[C@H](O)[C@H](C)[C@H](O)[C@H](C)[C@H](O)[C@H](C)[C@@H]1O[C@H]([C@H](C)C(=O)O)CC[C@H]1C. The van der Waals surface area contributed by atoms with Crippen molar-refractivity contribution in [3.63, 3.8) is 0 Å². The fraction of sp³-hybridized carbons (Fsp3) is 0.848. The summed E-state index contributed by atoms with van der Waals surface area (Å²) in [5.74, 6) is -2.17. The van der Waals surface area contributed by atoms with Crippen molar-refractivity contribution >= 4 is 5.97 Å². The van der Waals surface area contributed by atoms with Gasteiger partial charge >= 0.3 is 5.97 Å². The van der Waals surface area contributed by atoms with Gasteiger partial charge < -0.3 is 30.3 Å². The fourth-order valence-corrected chi connectivity index (χ4v) is 6.19. The van der Waals surface area contributed by atoms with Gasteiger partial charge in [-0.2, -0.15) is 0 Å². The van der Waals surface area contributed by atoms with Crippen molar-refractivity contribution < 1.29 is 35.1 Å². The largest absolute Gasteiger partial charge is 0.481 e. The van der Waals surface area contributed by atoms with Crippen molar-refractivity contribution in [2.45, 2.75) is 137 Å². The Kier molecular flexibility index (Phi) is 16.2. The molecule has 5 N–H and O–H groups in total. The lowest BCUT2D eigenvalue weighted by Crippen LogP contribution is -2.49. The Hall–Kier alpha value is -1.25. The minimum atomic E-state index is -0.914. The van der Waals surface area contributed by atoms with Crippen molar-refractivity contribution in [3.05, 3.63) is 23.8 Å². The van der Waals surface area contributed by atoms with Crippen molar-refractivity contribution in [3.8, 4) is 0 Å². The summed E-state index contributed by atoms with van der Waals surface area (Å²) in [5, 5.41) is 53.1. The van der Waals surface area contributed by atoms with Gasteiger partial charge in [-0.05, 0) is 63.4 Å². The van der Waals surface area contributed by atoms with E-state index in [1.807, 2.05) is 32.9 Å². The van der Waals surface area contributed by atoms with Crippen molar-refractivity contribution in [1.82, 2.24) is 0 Å². The van der Waals surface area contributed by atoms with Crippen molar-refractivity contribution in [1.29, 1.82) is 0 Å². The number of aliphatic hydroxyl groups excluding tert-OH is 4. The van der Waals surface area contributed by atoms with E-state index in [1.165, 1.54) is 0 Å². The van der Waals surface area contributed by atoms with Crippen LogP contribution in [0.4, 0.5) is 0 Å². The Labute approximate surface area is 243 Å². The Morgan fingerprint density at radius 1 is 0.950 bits per heavy atom. The predicted octanol–water partition coefficient (Wildman–Crippen LogP) is 5.60. The van der Waals surface area contributed by atoms with Crippen LogP contribution in [0.15, 0.2) is 23.8 Å². The van der Waals surface area contributed by atoms with Crippen LogP contribution in [0.5, 0.6) is 0 Å². The summed E-state index contributed by atoms with van der Waals surface area (Å²) < 4.78 is 6.19. The summed E-state index contributed by atoms with van der Waals surface area (Å²) in [6, 6.07) is 0. The number of allylic oxidation sites excluding steroid dienone is 2. The summed E-state index contributed by atoms with van der Waals surface area (Å²) >= 11 is 0. The smallest absolute Gasteiger partial charge is 0.308 e. The molecular weight excluding hydrogens is 508 g/mol. The molecule has 0 aliphatic carbocycles. The maximum absolute atomic E-state index is 11.5. The van der Waals surface area contributed by atoms with E-state index in [-0.39, 0.29) is 23.9 Å². The van der Waals surface area contributed by atoms with Crippen LogP contribution in [0.3, 0.4) is 0 Å². The van der Waals surface area contributed by atoms with E-state index in [0.29, 0.717) is 25.2 Å². The van der Waals surface area contributed by atoms with Gasteiger partial charge in [-0.3, -0.25) is 4.79 Å². The molecule has 0 saturated carbocycles. The van der Waals surface area contributed by atoms with Gasteiger partial charge in [-0.15, -0.1) is 0 Å². The minimum Gasteiger partial charge on any atom is -0.481 e. The lowest BCUT2D eigenvalue weighted by Gasteiger charge is -2.43. The molecule has 0 aromatic carbocycles. The van der Waals surface area contributed by atoms with Gasteiger partial charge in [-0.1, -0.05) is 73.1 Å². The second kappa shape index (κ2) is 17.6. The van der Waals surface area contributed by atoms with Gasteiger partial charge in [0.25, 0.3) is 0 Å². The molecule has 7 nitrogen and oxygen atoms in total. The normalized spacial score (nSPS) is 28.2. The van der Waals surface area contributed by atoms with Gasteiger partial charge in [0.15, 0.2) is 0 Å². The number of aliphatic carboxylic acids is 1. The first-order valence-electron chi connectivity index (χ1n) is 15.6. The average molecular weight is 569 g/mol. The molecule has 0 bridgehead atoms. The maximum Gasteiger partial charge on any atom is 0.308 e. The molecule has 0 aromatic rings. The van der Waals surface area contributed by atoms with E-state index in [4.69, 9.17) is 4.74 Å². The molecule has 1 rings (SSSR count). The van der Waals surface area contributed by atoms with Crippen LogP contribution in [0.1, 0.15) is 101 Å². The van der Waals surface area contributed by atoms with Gasteiger partial charge in [0.1, 0.15) is 0 Å². The number of rotatable bonds is 17. The standard InChI is InChI=1S/C33H60O7/c1-10-13-19(2)18-22(5)29(35)20(3)14-11-12-15-27(34)23(6)30(36)25(8)31(37)26(9)32-21(4)16-17-28(40-32)24(7)33(38)39/h11,14,18-21,23-32,34-37H,10,12-13,15-17H2,1-9H3,(H,38,39)/b14-11+,22-18+/t19-,20+,21+,23-,24-,25-,26-,27-,28-,29+,30-,31-,32+/m0/s1. The van der Waals surface area contributed by atoms with Crippen LogP contribution in [0.25, 0.3) is 0 Å². The molecule has 0 amide bonds. The van der Waals surface area contributed by atoms with E-state index >= 15 is 0 Å². The molecule has 0 radical (unpaired) electrons. The molecule has 1 fully saturated rings. The number of aliphatic hydroxyl groups is 4. The monoisotopic (exact) mass is 568 g/mol. The van der Waals surface area contributed by atoms with Gasteiger partial charge in [-0.25, -0.2) is 0 Å². The molecule has 7 heteroatoms. The first-order valence-corrected chi connectivity index (χ1v) is 15.6. The predicted molar refractivity (Wildman–Crippen MR) is 161 cm³/mol. The summed E-state index contributed by atoms with van der Waals surface area (Å²) in [6.45, 7) is 17.5. The van der Waals surface area contributed by atoms with E-state index in [0.717, 1.165) is 24.8 Å². The first kappa shape index (κ1) is 36.8. The minimum absolute atomic E-state index is 0.0376. The molecular formula is C33H60O7. The van der Waals surface area contributed by atoms with Crippen molar-refractivity contribution in [2.24, 2.45) is 41.4 Å². The summed E-state index contributed by atoms with van der Waals surface area (Å²) in [6.07, 6.45) is 7.17. The zero-order valence-corrected chi connectivity index (χ0v) is 26.5. The molecule has 1 aliphatic heterocycles. The van der Waals surface area contributed by atoms with Crippen LogP contribution in [-0.2, 0) is 9.53 Å². The highest BCUT2D eigenvalue weighted by Gasteiger charge is 2.41. The Morgan fingerprint density at radius 2 is 1.57 bits per heavy atom. The van der Waals surface area contributed by atoms with Crippen LogP contribution >= 0.6 is 0 Å². The molecule has 0 aromatic heterocycles. The molecule has 0 unspecified atom stereocenters. The third kappa shape index (κ3) is 10.9. The molecule has 13 atom stereocenters. The number of hydrogen-bond acceptors (Lipinski definition) is 6. The van der Waals surface area contributed by atoms with Crippen LogP contribution in [-0.4, -0.2) is 68.1 Å². The van der Waals surface area contributed by atoms with Crippen LogP contribution in [0.2, 0.25) is 0 Å². The third-order valence-corrected chi connectivity index (χ3v) is 9.35. The van der Waals surface area contributed by atoms with Crippen molar-refractivity contribution in [2.75, 3.05) is 0 Å². The van der Waals surface area contributed by atoms with E-state index < -0.39 is 54.2 Å². The van der Waals surface area contributed by atoms with Gasteiger partial charge in [0, 0.05) is 23.7 Å². The first-order chi connectivity index (χ1) is 18.6. The quantitative estimate of drug-likeness (QED) is 0.145. The molecule has 0 spiro atoms. The van der Waals surface area contributed by atoms with Gasteiger partial charge in [0.2, 0.25) is 0 Å². The molecule has 1 aliphatic rings. The molecule has 234 valence electrons. The Bertz CT molecular complexity index is 796.